The number of nitrogens with one attached hydrogen (secondary N) is 1. The first-order chi connectivity index (χ1) is 10.2. The van der Waals surface area contributed by atoms with Gasteiger partial charge in [0, 0.05) is 12.4 Å². The van der Waals surface area contributed by atoms with Crippen LogP contribution >= 0.6 is 11.3 Å². The Morgan fingerprint density at radius 2 is 2.10 bits per heavy atom. The fourth-order valence-corrected chi connectivity index (χ4v) is 3.16. The topological polar surface area (TPSA) is 85.4 Å². The fourth-order valence-electron chi connectivity index (χ4n) is 2.34. The molecule has 6 nitrogen and oxygen atoms in total. The van der Waals surface area contributed by atoms with E-state index in [0.717, 1.165) is 33.1 Å². The maximum Gasteiger partial charge on any atom is 0.160 e. The van der Waals surface area contributed by atoms with Crippen molar-refractivity contribution in [3.05, 3.63) is 35.8 Å². The summed E-state index contributed by atoms with van der Waals surface area (Å²) in [6.45, 7) is 0. The number of anilines is 1. The smallest absolute Gasteiger partial charge is 0.160 e. The summed E-state index contributed by atoms with van der Waals surface area (Å²) in [6, 6.07) is 8.04. The van der Waals surface area contributed by atoms with E-state index in [1.807, 2.05) is 41.3 Å². The Kier molecular flexibility index (Phi) is 2.55. The SMILES string of the molecule is Cn1c(-c2csc(-c3cn[nH]c3N)n2)nc2ccccc21. The van der Waals surface area contributed by atoms with E-state index in [2.05, 4.69) is 20.2 Å². The Hall–Kier alpha value is -2.67. The van der Waals surface area contributed by atoms with Gasteiger partial charge in [0.15, 0.2) is 5.82 Å². The molecule has 4 rings (SSSR count). The largest absolute Gasteiger partial charge is 0.383 e. The molecule has 0 saturated carbocycles. The Morgan fingerprint density at radius 1 is 1.24 bits per heavy atom. The highest BCUT2D eigenvalue weighted by Crippen LogP contribution is 2.31. The molecular formula is C14H12N6S. The van der Waals surface area contributed by atoms with Crippen LogP contribution in [0.2, 0.25) is 0 Å². The highest BCUT2D eigenvalue weighted by atomic mass is 32.1. The number of hydrogen-bond donors (Lipinski definition) is 2. The number of benzene rings is 1. The minimum absolute atomic E-state index is 0.529. The fraction of sp³-hybridized carbons (Fsp3) is 0.0714. The molecule has 0 fully saturated rings. The molecule has 0 amide bonds. The number of aryl methyl sites for hydroxylation is 1. The molecule has 104 valence electrons. The number of para-hydroxylation sites is 2. The zero-order chi connectivity index (χ0) is 14.4. The van der Waals surface area contributed by atoms with Crippen LogP contribution in [0.15, 0.2) is 35.8 Å². The van der Waals surface area contributed by atoms with Crippen LogP contribution in [0.5, 0.6) is 0 Å². The van der Waals surface area contributed by atoms with E-state index in [4.69, 9.17) is 5.73 Å². The molecule has 0 aliphatic rings. The summed E-state index contributed by atoms with van der Waals surface area (Å²) in [5.74, 6) is 1.38. The number of fused-ring (bicyclic) bond motifs is 1. The highest BCUT2D eigenvalue weighted by Gasteiger charge is 2.15. The maximum atomic E-state index is 5.84. The second-order valence-corrected chi connectivity index (χ2v) is 5.58. The van der Waals surface area contributed by atoms with Gasteiger partial charge in [0.05, 0.1) is 22.8 Å². The van der Waals surface area contributed by atoms with Crippen molar-refractivity contribution in [3.63, 3.8) is 0 Å². The van der Waals surface area contributed by atoms with Crippen LogP contribution in [-0.4, -0.2) is 24.7 Å². The van der Waals surface area contributed by atoms with Gasteiger partial charge in [0.2, 0.25) is 0 Å². The molecule has 7 heteroatoms. The van der Waals surface area contributed by atoms with Crippen LogP contribution in [0.4, 0.5) is 5.82 Å². The van der Waals surface area contributed by atoms with Crippen molar-refractivity contribution < 1.29 is 0 Å². The predicted octanol–water partition coefficient (Wildman–Crippen LogP) is 2.67. The van der Waals surface area contributed by atoms with Gasteiger partial charge in [-0.2, -0.15) is 5.10 Å². The van der Waals surface area contributed by atoms with Crippen LogP contribution in [-0.2, 0) is 7.05 Å². The number of nitrogens with two attached hydrogens (primary N) is 1. The normalized spacial score (nSPS) is 11.3. The standard InChI is InChI=1S/C14H12N6S/c1-20-11-5-3-2-4-9(11)17-13(20)10-7-21-14(18-10)8-6-16-19-12(8)15/h2-7H,1H3,(H3,15,16,19). The quantitative estimate of drug-likeness (QED) is 0.595. The molecule has 0 unspecified atom stereocenters. The lowest BCUT2D eigenvalue weighted by Crippen LogP contribution is -1.93. The lowest BCUT2D eigenvalue weighted by molar-refractivity contribution is 0.953. The van der Waals surface area contributed by atoms with E-state index in [0.29, 0.717) is 5.82 Å². The Bertz CT molecular complexity index is 932. The van der Waals surface area contributed by atoms with Crippen LogP contribution in [0.3, 0.4) is 0 Å². The van der Waals surface area contributed by atoms with Crippen LogP contribution in [0, 0.1) is 0 Å². The van der Waals surface area contributed by atoms with Crippen LogP contribution in [0.25, 0.3) is 33.1 Å². The Labute approximate surface area is 124 Å². The summed E-state index contributed by atoms with van der Waals surface area (Å²) in [7, 11) is 2.00. The third-order valence-corrected chi connectivity index (χ3v) is 4.30. The van der Waals surface area contributed by atoms with Gasteiger partial charge < -0.3 is 10.3 Å². The van der Waals surface area contributed by atoms with Crippen molar-refractivity contribution >= 4 is 28.2 Å². The van der Waals surface area contributed by atoms with E-state index in [1.54, 1.807) is 6.20 Å². The van der Waals surface area contributed by atoms with Gasteiger partial charge in [-0.3, -0.25) is 5.10 Å². The Morgan fingerprint density at radius 3 is 2.86 bits per heavy atom. The predicted molar refractivity (Wildman–Crippen MR) is 83.8 cm³/mol. The van der Waals surface area contributed by atoms with Crippen molar-refractivity contribution in [2.24, 2.45) is 7.05 Å². The van der Waals surface area contributed by atoms with Crippen molar-refractivity contribution in [3.8, 4) is 22.1 Å². The Balaban J connectivity index is 1.85. The van der Waals surface area contributed by atoms with Crippen molar-refractivity contribution in [2.75, 3.05) is 5.73 Å². The number of hydrogen-bond acceptors (Lipinski definition) is 5. The first kappa shape index (κ1) is 12.1. The molecule has 21 heavy (non-hydrogen) atoms. The number of aromatic amines is 1. The van der Waals surface area contributed by atoms with Gasteiger partial charge in [0.1, 0.15) is 16.5 Å². The molecule has 0 aliphatic heterocycles. The number of rotatable bonds is 2. The van der Waals surface area contributed by atoms with E-state index in [9.17, 15) is 0 Å². The summed E-state index contributed by atoms with van der Waals surface area (Å²) >= 11 is 1.53. The highest BCUT2D eigenvalue weighted by molar-refractivity contribution is 7.13. The molecule has 3 N–H and O–H groups in total. The number of thiazole rings is 1. The number of nitrogen functional groups attached to an aromatic ring is 1. The van der Waals surface area contributed by atoms with Crippen molar-refractivity contribution in [1.29, 1.82) is 0 Å². The number of H-pyrrole nitrogens is 1. The molecule has 0 atom stereocenters. The van der Waals surface area contributed by atoms with Crippen molar-refractivity contribution in [1.82, 2.24) is 24.7 Å². The second-order valence-electron chi connectivity index (χ2n) is 4.72. The second kappa shape index (κ2) is 4.42. The van der Waals surface area contributed by atoms with Gasteiger partial charge in [-0.15, -0.1) is 11.3 Å². The summed E-state index contributed by atoms with van der Waals surface area (Å²) in [5.41, 5.74) is 9.56. The molecule has 0 aliphatic carbocycles. The molecule has 4 aromatic rings. The van der Waals surface area contributed by atoms with Gasteiger partial charge in [-0.25, -0.2) is 9.97 Å². The van der Waals surface area contributed by atoms with Crippen molar-refractivity contribution in [2.45, 2.75) is 0 Å². The van der Waals surface area contributed by atoms with E-state index < -0.39 is 0 Å². The first-order valence-corrected chi connectivity index (χ1v) is 7.28. The molecule has 0 bridgehead atoms. The molecule has 1 aromatic carbocycles. The molecule has 0 spiro atoms. The van der Waals surface area contributed by atoms with Crippen LogP contribution in [0.1, 0.15) is 0 Å². The average Bonchev–Trinajstić information content (AvgIpc) is 3.18. The van der Waals surface area contributed by atoms with E-state index >= 15 is 0 Å². The van der Waals surface area contributed by atoms with Crippen LogP contribution < -0.4 is 5.73 Å². The summed E-state index contributed by atoms with van der Waals surface area (Å²) in [5, 5.41) is 9.48. The average molecular weight is 296 g/mol. The van der Waals surface area contributed by atoms with E-state index in [-0.39, 0.29) is 0 Å². The summed E-state index contributed by atoms with van der Waals surface area (Å²) in [6.07, 6.45) is 1.69. The number of aromatic nitrogens is 5. The minimum atomic E-state index is 0.529. The molecular weight excluding hydrogens is 284 g/mol. The number of nitrogens with zero attached hydrogens (tertiary/aromatic N) is 4. The summed E-state index contributed by atoms with van der Waals surface area (Å²) < 4.78 is 2.05. The minimum Gasteiger partial charge on any atom is -0.383 e. The molecule has 0 radical (unpaired) electrons. The van der Waals surface area contributed by atoms with Gasteiger partial charge in [0.25, 0.3) is 0 Å². The van der Waals surface area contributed by atoms with Gasteiger partial charge >= 0.3 is 0 Å². The zero-order valence-electron chi connectivity index (χ0n) is 11.2. The molecule has 3 aromatic heterocycles. The first-order valence-electron chi connectivity index (χ1n) is 6.40. The lowest BCUT2D eigenvalue weighted by Gasteiger charge is -1.98. The van der Waals surface area contributed by atoms with Gasteiger partial charge in [-0.1, -0.05) is 12.1 Å². The summed E-state index contributed by atoms with van der Waals surface area (Å²) in [4.78, 5) is 9.29. The van der Waals surface area contributed by atoms with E-state index in [1.165, 1.54) is 11.3 Å². The molecule has 0 saturated heterocycles. The molecule has 3 heterocycles. The van der Waals surface area contributed by atoms with Gasteiger partial charge in [-0.05, 0) is 12.1 Å². The zero-order valence-corrected chi connectivity index (χ0v) is 12.1. The third kappa shape index (κ3) is 1.82. The maximum absolute atomic E-state index is 5.84. The lowest BCUT2D eigenvalue weighted by atomic mass is 10.3. The number of imidazole rings is 1. The third-order valence-electron chi connectivity index (χ3n) is 3.42. The monoisotopic (exact) mass is 296 g/mol.